The van der Waals surface area contributed by atoms with Crippen LogP contribution in [0.2, 0.25) is 0 Å². The summed E-state index contributed by atoms with van der Waals surface area (Å²) in [6.45, 7) is 1.55. The fraction of sp³-hybridized carbons (Fsp3) is 1.00. The van der Waals surface area contributed by atoms with Crippen LogP contribution in [0.5, 0.6) is 0 Å². The second-order valence-electron chi connectivity index (χ2n) is 4.19. The third-order valence-electron chi connectivity index (χ3n) is 3.11. The van der Waals surface area contributed by atoms with E-state index in [2.05, 4.69) is 0 Å². The smallest absolute Gasteiger partial charge is 0.158 e. The number of hydrogen-bond acceptors (Lipinski definition) is 3. The molecule has 2 rings (SSSR count). The van der Waals surface area contributed by atoms with Crippen LogP contribution in [0.4, 0.5) is 0 Å². The topological polar surface area (TPSA) is 44.5 Å². The first-order valence-electron chi connectivity index (χ1n) is 5.33. The Bertz CT molecular complexity index is 149. The standard InChI is InChI=1S/C10H19NO2/c11-9-3-1-8(2-4-9)7-10-12-5-6-13-10/h8-10H,1-7,11H2/t8-,9-. The van der Waals surface area contributed by atoms with Crippen molar-refractivity contribution in [3.8, 4) is 0 Å². The van der Waals surface area contributed by atoms with E-state index in [1.165, 1.54) is 25.7 Å². The number of nitrogens with two attached hydrogens (primary N) is 1. The molecule has 1 saturated heterocycles. The van der Waals surface area contributed by atoms with Gasteiger partial charge in [-0.15, -0.1) is 0 Å². The van der Waals surface area contributed by atoms with Gasteiger partial charge < -0.3 is 15.2 Å². The van der Waals surface area contributed by atoms with E-state index in [-0.39, 0.29) is 6.29 Å². The molecular weight excluding hydrogens is 166 g/mol. The molecule has 3 nitrogen and oxygen atoms in total. The Balaban J connectivity index is 1.69. The van der Waals surface area contributed by atoms with E-state index >= 15 is 0 Å². The average Bonchev–Trinajstić information content (AvgIpc) is 2.62. The predicted molar refractivity (Wildman–Crippen MR) is 50.2 cm³/mol. The summed E-state index contributed by atoms with van der Waals surface area (Å²) in [6, 6.07) is 0.446. The molecule has 76 valence electrons. The second kappa shape index (κ2) is 4.40. The molecule has 13 heavy (non-hydrogen) atoms. The summed E-state index contributed by atoms with van der Waals surface area (Å²) in [6.07, 6.45) is 6.02. The van der Waals surface area contributed by atoms with Crippen LogP contribution < -0.4 is 5.73 Å². The Morgan fingerprint density at radius 3 is 2.23 bits per heavy atom. The molecule has 2 fully saturated rings. The van der Waals surface area contributed by atoms with Gasteiger partial charge in [-0.05, 0) is 31.6 Å². The van der Waals surface area contributed by atoms with E-state index in [1.54, 1.807) is 0 Å². The number of rotatable bonds is 2. The lowest BCUT2D eigenvalue weighted by atomic mass is 9.84. The molecular formula is C10H19NO2. The average molecular weight is 185 g/mol. The molecule has 1 saturated carbocycles. The Kier molecular flexibility index (Phi) is 3.19. The lowest BCUT2D eigenvalue weighted by Crippen LogP contribution is -2.28. The Labute approximate surface area is 79.6 Å². The van der Waals surface area contributed by atoms with Gasteiger partial charge in [-0.3, -0.25) is 0 Å². The van der Waals surface area contributed by atoms with Crippen LogP contribution in [0.1, 0.15) is 32.1 Å². The van der Waals surface area contributed by atoms with Crippen LogP contribution in [-0.2, 0) is 9.47 Å². The van der Waals surface area contributed by atoms with Gasteiger partial charge in [-0.2, -0.15) is 0 Å². The van der Waals surface area contributed by atoms with Crippen molar-refractivity contribution >= 4 is 0 Å². The van der Waals surface area contributed by atoms with Crippen LogP contribution in [0.25, 0.3) is 0 Å². The zero-order chi connectivity index (χ0) is 9.10. The van der Waals surface area contributed by atoms with Crippen molar-refractivity contribution < 1.29 is 9.47 Å². The second-order valence-corrected chi connectivity index (χ2v) is 4.19. The fourth-order valence-corrected chi connectivity index (χ4v) is 2.24. The summed E-state index contributed by atoms with van der Waals surface area (Å²) in [4.78, 5) is 0. The molecule has 3 heteroatoms. The number of ether oxygens (including phenoxy) is 2. The van der Waals surface area contributed by atoms with Gasteiger partial charge in [0.05, 0.1) is 13.2 Å². The summed E-state index contributed by atoms with van der Waals surface area (Å²) in [7, 11) is 0. The summed E-state index contributed by atoms with van der Waals surface area (Å²) < 4.78 is 10.9. The molecule has 0 atom stereocenters. The van der Waals surface area contributed by atoms with Crippen molar-refractivity contribution in [3.05, 3.63) is 0 Å². The van der Waals surface area contributed by atoms with Gasteiger partial charge >= 0.3 is 0 Å². The highest BCUT2D eigenvalue weighted by Gasteiger charge is 2.24. The maximum Gasteiger partial charge on any atom is 0.158 e. The minimum Gasteiger partial charge on any atom is -0.350 e. The highest BCUT2D eigenvalue weighted by Crippen LogP contribution is 2.28. The molecule has 0 aromatic rings. The first-order valence-corrected chi connectivity index (χ1v) is 5.33. The molecule has 0 amide bonds. The quantitative estimate of drug-likeness (QED) is 0.704. The molecule has 0 unspecified atom stereocenters. The summed E-state index contributed by atoms with van der Waals surface area (Å²) in [5, 5.41) is 0. The van der Waals surface area contributed by atoms with Gasteiger partial charge in [0.2, 0.25) is 0 Å². The molecule has 2 aliphatic rings. The summed E-state index contributed by atoms with van der Waals surface area (Å²) in [5.41, 5.74) is 5.84. The Hall–Kier alpha value is -0.120. The molecule has 0 radical (unpaired) electrons. The van der Waals surface area contributed by atoms with Crippen molar-refractivity contribution in [2.75, 3.05) is 13.2 Å². The van der Waals surface area contributed by atoms with E-state index in [0.29, 0.717) is 6.04 Å². The van der Waals surface area contributed by atoms with Gasteiger partial charge in [0, 0.05) is 12.5 Å². The number of hydrogen-bond donors (Lipinski definition) is 1. The third kappa shape index (κ3) is 2.66. The van der Waals surface area contributed by atoms with Crippen LogP contribution in [0, 0.1) is 5.92 Å². The normalized spacial score (nSPS) is 36.7. The zero-order valence-electron chi connectivity index (χ0n) is 8.08. The molecule has 1 heterocycles. The Morgan fingerprint density at radius 2 is 1.62 bits per heavy atom. The lowest BCUT2D eigenvalue weighted by molar-refractivity contribution is -0.0600. The van der Waals surface area contributed by atoms with Crippen molar-refractivity contribution in [1.29, 1.82) is 0 Å². The molecule has 0 aromatic heterocycles. The summed E-state index contributed by atoms with van der Waals surface area (Å²) >= 11 is 0. The summed E-state index contributed by atoms with van der Waals surface area (Å²) in [5.74, 6) is 0.780. The minimum absolute atomic E-state index is 0.0827. The van der Waals surface area contributed by atoms with Gasteiger partial charge in [0.1, 0.15) is 0 Å². The predicted octanol–water partition coefficient (Wildman–Crippen LogP) is 1.27. The van der Waals surface area contributed by atoms with E-state index in [1.807, 2.05) is 0 Å². The zero-order valence-corrected chi connectivity index (χ0v) is 8.08. The van der Waals surface area contributed by atoms with Crippen LogP contribution in [-0.4, -0.2) is 25.5 Å². The van der Waals surface area contributed by atoms with Crippen LogP contribution >= 0.6 is 0 Å². The van der Waals surface area contributed by atoms with Crippen LogP contribution in [0.3, 0.4) is 0 Å². The van der Waals surface area contributed by atoms with Gasteiger partial charge in [0.15, 0.2) is 6.29 Å². The lowest BCUT2D eigenvalue weighted by Gasteiger charge is -2.27. The monoisotopic (exact) mass is 185 g/mol. The van der Waals surface area contributed by atoms with Crippen molar-refractivity contribution in [3.63, 3.8) is 0 Å². The van der Waals surface area contributed by atoms with Gasteiger partial charge in [-0.1, -0.05) is 0 Å². The first-order chi connectivity index (χ1) is 6.34. The van der Waals surface area contributed by atoms with E-state index in [9.17, 15) is 0 Å². The molecule has 2 N–H and O–H groups in total. The molecule has 0 spiro atoms. The maximum absolute atomic E-state index is 5.84. The SMILES string of the molecule is N[C@H]1CC[C@H](CC2OCCO2)CC1. The third-order valence-corrected chi connectivity index (χ3v) is 3.11. The molecule has 0 bridgehead atoms. The fourth-order valence-electron chi connectivity index (χ4n) is 2.24. The molecule has 1 aliphatic heterocycles. The highest BCUT2D eigenvalue weighted by molar-refractivity contribution is 4.75. The van der Waals surface area contributed by atoms with E-state index in [4.69, 9.17) is 15.2 Å². The first kappa shape index (κ1) is 9.44. The van der Waals surface area contributed by atoms with Crippen LogP contribution in [0.15, 0.2) is 0 Å². The van der Waals surface area contributed by atoms with Crippen molar-refractivity contribution in [2.45, 2.75) is 44.4 Å². The van der Waals surface area contributed by atoms with E-state index < -0.39 is 0 Å². The van der Waals surface area contributed by atoms with Crippen molar-refractivity contribution in [1.82, 2.24) is 0 Å². The molecule has 0 aromatic carbocycles. The molecule has 1 aliphatic carbocycles. The Morgan fingerprint density at radius 1 is 1.00 bits per heavy atom. The highest BCUT2D eigenvalue weighted by atomic mass is 16.7. The maximum atomic E-state index is 5.84. The van der Waals surface area contributed by atoms with Crippen molar-refractivity contribution in [2.24, 2.45) is 11.7 Å². The largest absolute Gasteiger partial charge is 0.350 e. The minimum atomic E-state index is 0.0827. The van der Waals surface area contributed by atoms with Gasteiger partial charge in [-0.25, -0.2) is 0 Å². The van der Waals surface area contributed by atoms with Gasteiger partial charge in [0.25, 0.3) is 0 Å². The van der Waals surface area contributed by atoms with E-state index in [0.717, 1.165) is 25.6 Å².